The second-order valence-corrected chi connectivity index (χ2v) is 5.75. The van der Waals surface area contributed by atoms with Crippen LogP contribution in [0.3, 0.4) is 0 Å². The zero-order valence-electron chi connectivity index (χ0n) is 13.3. The molecule has 0 saturated carbocycles. The van der Waals surface area contributed by atoms with E-state index in [0.29, 0.717) is 31.4 Å². The fourth-order valence-corrected chi connectivity index (χ4v) is 2.32. The Bertz CT molecular complexity index is 696. The van der Waals surface area contributed by atoms with Gasteiger partial charge in [-0.3, -0.25) is 4.79 Å². The first-order chi connectivity index (χ1) is 11.1. The molecular formula is C16H20N4O3. The van der Waals surface area contributed by atoms with Crippen LogP contribution < -0.4 is 15.4 Å². The maximum Gasteiger partial charge on any atom is 0.321 e. The van der Waals surface area contributed by atoms with Crippen molar-refractivity contribution in [2.75, 3.05) is 23.8 Å². The summed E-state index contributed by atoms with van der Waals surface area (Å²) in [6.07, 6.45) is 1.27. The van der Waals surface area contributed by atoms with Crippen molar-refractivity contribution < 1.29 is 14.1 Å². The summed E-state index contributed by atoms with van der Waals surface area (Å²) in [4.78, 5) is 15.6. The Labute approximate surface area is 134 Å². The smallest absolute Gasteiger partial charge is 0.321 e. The van der Waals surface area contributed by atoms with E-state index in [0.717, 1.165) is 23.4 Å². The summed E-state index contributed by atoms with van der Waals surface area (Å²) in [5.41, 5.74) is 1.98. The maximum absolute atomic E-state index is 11.3. The normalized spacial score (nSPS) is 13.6. The minimum absolute atomic E-state index is 0.0655. The number of nitrogens with zero attached hydrogens (tertiary/aromatic N) is 2. The zero-order valence-corrected chi connectivity index (χ0v) is 13.3. The van der Waals surface area contributed by atoms with Gasteiger partial charge in [-0.05, 0) is 30.2 Å². The van der Waals surface area contributed by atoms with Crippen molar-refractivity contribution >= 4 is 17.6 Å². The van der Waals surface area contributed by atoms with Gasteiger partial charge < -0.3 is 19.9 Å². The predicted molar refractivity (Wildman–Crippen MR) is 85.8 cm³/mol. The number of aryl methyl sites for hydroxylation is 1. The maximum atomic E-state index is 11.3. The minimum atomic E-state index is 0.0655. The van der Waals surface area contributed by atoms with Gasteiger partial charge in [0.2, 0.25) is 5.91 Å². The molecule has 122 valence electrons. The molecular weight excluding hydrogens is 296 g/mol. The third-order valence-corrected chi connectivity index (χ3v) is 3.58. The Morgan fingerprint density at radius 2 is 2.26 bits per heavy atom. The number of ether oxygens (including phenoxy) is 1. The van der Waals surface area contributed by atoms with E-state index in [1.54, 1.807) is 0 Å². The Morgan fingerprint density at radius 1 is 1.39 bits per heavy atom. The van der Waals surface area contributed by atoms with Crippen LogP contribution in [0.5, 0.6) is 5.75 Å². The summed E-state index contributed by atoms with van der Waals surface area (Å²) in [7, 11) is 0. The van der Waals surface area contributed by atoms with Crippen molar-refractivity contribution in [3.05, 3.63) is 29.6 Å². The molecule has 2 N–H and O–H groups in total. The monoisotopic (exact) mass is 316 g/mol. The van der Waals surface area contributed by atoms with E-state index in [-0.39, 0.29) is 11.8 Å². The first kappa shape index (κ1) is 15.3. The van der Waals surface area contributed by atoms with Gasteiger partial charge in [0.25, 0.3) is 0 Å². The molecule has 0 atom stereocenters. The van der Waals surface area contributed by atoms with Crippen LogP contribution in [-0.4, -0.2) is 29.2 Å². The highest BCUT2D eigenvalue weighted by molar-refractivity contribution is 5.93. The van der Waals surface area contributed by atoms with Crippen molar-refractivity contribution in [1.29, 1.82) is 0 Å². The number of rotatable bonds is 6. The number of anilines is 2. The molecule has 3 rings (SSSR count). The second-order valence-electron chi connectivity index (χ2n) is 5.75. The van der Waals surface area contributed by atoms with Crippen LogP contribution in [0.2, 0.25) is 0 Å². The van der Waals surface area contributed by atoms with Crippen molar-refractivity contribution in [3.8, 4) is 5.75 Å². The number of hydrogen-bond donors (Lipinski definition) is 2. The Hall–Kier alpha value is -2.57. The first-order valence-corrected chi connectivity index (χ1v) is 7.75. The number of nitrogens with one attached hydrogen (secondary N) is 2. The van der Waals surface area contributed by atoms with Crippen molar-refractivity contribution in [1.82, 2.24) is 10.1 Å². The van der Waals surface area contributed by atoms with Gasteiger partial charge in [-0.1, -0.05) is 19.0 Å². The Morgan fingerprint density at radius 3 is 3.04 bits per heavy atom. The summed E-state index contributed by atoms with van der Waals surface area (Å²) in [6.45, 7) is 5.06. The molecule has 0 aliphatic carbocycles. The van der Waals surface area contributed by atoms with Crippen LogP contribution in [0.4, 0.5) is 11.7 Å². The highest BCUT2D eigenvalue weighted by Gasteiger charge is 2.15. The van der Waals surface area contributed by atoms with Crippen LogP contribution >= 0.6 is 0 Å². The first-order valence-electron chi connectivity index (χ1n) is 7.75. The average Bonchev–Trinajstić information content (AvgIpc) is 3.01. The van der Waals surface area contributed by atoms with Gasteiger partial charge in [-0.15, -0.1) is 0 Å². The molecule has 0 saturated heterocycles. The molecule has 1 aromatic heterocycles. The van der Waals surface area contributed by atoms with Gasteiger partial charge in [0, 0.05) is 18.0 Å². The number of amides is 1. The molecule has 1 aromatic carbocycles. The molecule has 1 amide bonds. The average molecular weight is 316 g/mol. The largest absolute Gasteiger partial charge is 0.492 e. The summed E-state index contributed by atoms with van der Waals surface area (Å²) in [5.74, 6) is 1.78. The van der Waals surface area contributed by atoms with E-state index in [1.165, 1.54) is 0 Å². The molecule has 7 nitrogen and oxygen atoms in total. The molecule has 2 aromatic rings. The topological polar surface area (TPSA) is 89.3 Å². The van der Waals surface area contributed by atoms with Crippen molar-refractivity contribution in [2.24, 2.45) is 0 Å². The third kappa shape index (κ3) is 3.80. The highest BCUT2D eigenvalue weighted by Crippen LogP contribution is 2.26. The minimum Gasteiger partial charge on any atom is -0.492 e. The molecule has 23 heavy (non-hydrogen) atoms. The summed E-state index contributed by atoms with van der Waals surface area (Å²) < 4.78 is 10.8. The number of benzene rings is 1. The molecule has 7 heteroatoms. The van der Waals surface area contributed by atoms with E-state index < -0.39 is 0 Å². The van der Waals surface area contributed by atoms with Crippen molar-refractivity contribution in [2.45, 2.75) is 32.6 Å². The SMILES string of the molecule is CC(C)c1noc(NCCOc2ccc3c(c2)CCC(=O)N3)n1. The van der Waals surface area contributed by atoms with E-state index in [9.17, 15) is 4.79 Å². The van der Waals surface area contributed by atoms with Crippen LogP contribution in [-0.2, 0) is 11.2 Å². The molecule has 2 heterocycles. The van der Waals surface area contributed by atoms with Crippen LogP contribution in [0.1, 0.15) is 37.6 Å². The van der Waals surface area contributed by atoms with Gasteiger partial charge in [-0.25, -0.2) is 0 Å². The molecule has 0 bridgehead atoms. The molecule has 1 aliphatic heterocycles. The fourth-order valence-electron chi connectivity index (χ4n) is 2.32. The molecule has 0 radical (unpaired) electrons. The van der Waals surface area contributed by atoms with Gasteiger partial charge >= 0.3 is 6.01 Å². The zero-order chi connectivity index (χ0) is 16.2. The Balaban J connectivity index is 1.48. The molecule has 0 unspecified atom stereocenters. The molecule has 1 aliphatic rings. The van der Waals surface area contributed by atoms with Crippen LogP contribution in [0.25, 0.3) is 0 Å². The van der Waals surface area contributed by atoms with Gasteiger partial charge in [-0.2, -0.15) is 4.98 Å². The van der Waals surface area contributed by atoms with Gasteiger partial charge in [0.1, 0.15) is 12.4 Å². The predicted octanol–water partition coefficient (Wildman–Crippen LogP) is 2.57. The number of carbonyl (C=O) groups is 1. The lowest BCUT2D eigenvalue weighted by atomic mass is 10.0. The second kappa shape index (κ2) is 6.68. The van der Waals surface area contributed by atoms with E-state index in [1.807, 2.05) is 32.0 Å². The quantitative estimate of drug-likeness (QED) is 0.796. The van der Waals surface area contributed by atoms with E-state index in [2.05, 4.69) is 20.8 Å². The fraction of sp³-hybridized carbons (Fsp3) is 0.438. The lowest BCUT2D eigenvalue weighted by Crippen LogP contribution is -2.19. The summed E-state index contributed by atoms with van der Waals surface area (Å²) >= 11 is 0. The lowest BCUT2D eigenvalue weighted by Gasteiger charge is -2.17. The molecule has 0 fully saturated rings. The number of hydrogen-bond acceptors (Lipinski definition) is 6. The van der Waals surface area contributed by atoms with Crippen molar-refractivity contribution in [3.63, 3.8) is 0 Å². The summed E-state index contributed by atoms with van der Waals surface area (Å²) in [6, 6.07) is 6.11. The van der Waals surface area contributed by atoms with Gasteiger partial charge in [0.15, 0.2) is 5.82 Å². The summed E-state index contributed by atoms with van der Waals surface area (Å²) in [5, 5.41) is 9.77. The molecule has 0 spiro atoms. The number of aromatic nitrogens is 2. The number of carbonyl (C=O) groups excluding carboxylic acids is 1. The van der Waals surface area contributed by atoms with Gasteiger partial charge in [0.05, 0.1) is 6.54 Å². The Kier molecular flexibility index (Phi) is 4.45. The van der Waals surface area contributed by atoms with Crippen LogP contribution in [0, 0.1) is 0 Å². The van der Waals surface area contributed by atoms with E-state index >= 15 is 0 Å². The number of fused-ring (bicyclic) bond motifs is 1. The third-order valence-electron chi connectivity index (χ3n) is 3.58. The standard InChI is InChI=1S/C16H20N4O3/c1-10(2)15-19-16(23-20-15)17-7-8-22-12-4-5-13-11(9-12)3-6-14(21)18-13/h4-5,9-10H,3,6-8H2,1-2H3,(H,18,21)(H,17,19,20). The highest BCUT2D eigenvalue weighted by atomic mass is 16.5. The van der Waals surface area contributed by atoms with E-state index in [4.69, 9.17) is 9.26 Å². The van der Waals surface area contributed by atoms with Crippen LogP contribution in [0.15, 0.2) is 22.7 Å². The lowest BCUT2D eigenvalue weighted by molar-refractivity contribution is -0.116.